The number of nitrogens with zero attached hydrogens (tertiary/aromatic N) is 3. The van der Waals surface area contributed by atoms with Gasteiger partial charge >= 0.3 is 6.09 Å². The van der Waals surface area contributed by atoms with Crippen LogP contribution in [0.3, 0.4) is 0 Å². The number of benzene rings is 1. The zero-order valence-electron chi connectivity index (χ0n) is 13.3. The first-order valence-corrected chi connectivity index (χ1v) is 8.42. The number of aliphatic imine (C=N–C) groups is 1. The molecule has 0 radical (unpaired) electrons. The molecule has 2 aliphatic rings. The molecule has 132 valence electrons. The Morgan fingerprint density at radius 3 is 2.88 bits per heavy atom. The van der Waals surface area contributed by atoms with Gasteiger partial charge in [-0.1, -0.05) is 0 Å². The minimum Gasteiger partial charge on any atom is -0.507 e. The van der Waals surface area contributed by atoms with E-state index in [1.54, 1.807) is 0 Å². The van der Waals surface area contributed by atoms with Crippen molar-refractivity contribution in [3.63, 3.8) is 0 Å². The topological polar surface area (TPSA) is 93.4 Å². The number of aromatic hydroxyl groups is 1. The molecule has 0 spiro atoms. The highest BCUT2D eigenvalue weighted by Crippen LogP contribution is 2.33. The van der Waals surface area contributed by atoms with Crippen molar-refractivity contribution in [2.24, 2.45) is 4.99 Å². The van der Waals surface area contributed by atoms with Crippen LogP contribution in [0, 0.1) is 5.82 Å². The Balaban J connectivity index is 1.76. The molecule has 0 aliphatic carbocycles. The minimum absolute atomic E-state index is 0.120. The van der Waals surface area contributed by atoms with Crippen molar-refractivity contribution in [3.8, 4) is 5.75 Å². The third kappa shape index (κ3) is 3.60. The quantitative estimate of drug-likeness (QED) is 0.741. The first kappa shape index (κ1) is 17.3. The zero-order valence-corrected chi connectivity index (χ0v) is 14.2. The molecule has 1 aromatic rings. The van der Waals surface area contributed by atoms with Gasteiger partial charge in [0.2, 0.25) is 0 Å². The number of halogens is 1. The molecule has 0 unspecified atom stereocenters. The van der Waals surface area contributed by atoms with Gasteiger partial charge in [0.25, 0.3) is 5.91 Å². The maximum atomic E-state index is 13.3. The lowest BCUT2D eigenvalue weighted by atomic mass is 10.2. The monoisotopic (exact) mass is 365 g/mol. The first-order valence-electron chi connectivity index (χ1n) is 7.60. The summed E-state index contributed by atoms with van der Waals surface area (Å²) in [7, 11) is 0. The molecule has 1 atom stereocenters. The van der Waals surface area contributed by atoms with Crippen LogP contribution in [-0.2, 0) is 4.79 Å². The minimum atomic E-state index is -0.967. The second-order valence-electron chi connectivity index (χ2n) is 5.78. The first-order chi connectivity index (χ1) is 11.8. The van der Waals surface area contributed by atoms with Gasteiger partial charge in [-0.25, -0.2) is 9.18 Å². The molecule has 0 aromatic heterocycles. The summed E-state index contributed by atoms with van der Waals surface area (Å²) in [6.07, 6.45) is 0.436. The predicted octanol–water partition coefficient (Wildman–Crippen LogP) is 2.19. The number of carbonyl (C=O) groups is 2. The van der Waals surface area contributed by atoms with Gasteiger partial charge in [-0.05, 0) is 43.0 Å². The van der Waals surface area contributed by atoms with Crippen molar-refractivity contribution < 1.29 is 24.2 Å². The lowest BCUT2D eigenvalue weighted by Gasteiger charge is -2.39. The molecule has 1 fully saturated rings. The molecule has 2 aliphatic heterocycles. The van der Waals surface area contributed by atoms with Crippen LogP contribution >= 0.6 is 11.8 Å². The van der Waals surface area contributed by atoms with Gasteiger partial charge < -0.3 is 20.0 Å². The van der Waals surface area contributed by atoms with E-state index < -0.39 is 17.8 Å². The van der Waals surface area contributed by atoms with Gasteiger partial charge in [0.05, 0.1) is 4.91 Å². The van der Waals surface area contributed by atoms with E-state index in [2.05, 4.69) is 4.99 Å². The fourth-order valence-corrected chi connectivity index (χ4v) is 3.75. The van der Waals surface area contributed by atoms with Crippen molar-refractivity contribution in [1.29, 1.82) is 0 Å². The van der Waals surface area contributed by atoms with Gasteiger partial charge in [-0.2, -0.15) is 4.99 Å². The number of carbonyl (C=O) groups excluding carboxylic acids is 1. The summed E-state index contributed by atoms with van der Waals surface area (Å²) in [5.74, 6) is -1.10. The van der Waals surface area contributed by atoms with Crippen molar-refractivity contribution in [2.45, 2.75) is 13.0 Å². The highest BCUT2D eigenvalue weighted by molar-refractivity contribution is 8.18. The highest BCUT2D eigenvalue weighted by atomic mass is 32.2. The second kappa shape index (κ2) is 6.75. The largest absolute Gasteiger partial charge is 0.507 e. The van der Waals surface area contributed by atoms with Crippen LogP contribution in [0.15, 0.2) is 28.1 Å². The van der Waals surface area contributed by atoms with Gasteiger partial charge in [0, 0.05) is 31.2 Å². The van der Waals surface area contributed by atoms with E-state index >= 15 is 0 Å². The van der Waals surface area contributed by atoms with Crippen LogP contribution in [0.2, 0.25) is 0 Å². The van der Waals surface area contributed by atoms with E-state index in [9.17, 15) is 19.1 Å². The van der Waals surface area contributed by atoms with Crippen LogP contribution in [0.4, 0.5) is 9.18 Å². The summed E-state index contributed by atoms with van der Waals surface area (Å²) in [6, 6.07) is 3.38. The Morgan fingerprint density at radius 1 is 1.44 bits per heavy atom. The number of thioether (sulfide) groups is 1. The predicted molar refractivity (Wildman–Crippen MR) is 91.8 cm³/mol. The maximum Gasteiger partial charge on any atom is 0.407 e. The normalized spacial score (nSPS) is 22.5. The summed E-state index contributed by atoms with van der Waals surface area (Å²) >= 11 is 1.14. The molecule has 1 aromatic carbocycles. The number of rotatable bonds is 1. The Morgan fingerprint density at radius 2 is 2.20 bits per heavy atom. The summed E-state index contributed by atoms with van der Waals surface area (Å²) in [6.45, 7) is 2.96. The number of phenolic OH excluding ortho intramolecular Hbond substituents is 1. The third-order valence-corrected chi connectivity index (χ3v) is 5.05. The molecule has 1 saturated heterocycles. The Labute approximate surface area is 147 Å². The van der Waals surface area contributed by atoms with Crippen LogP contribution < -0.4 is 0 Å². The molecule has 2 amide bonds. The van der Waals surface area contributed by atoms with Crippen LogP contribution in [0.25, 0.3) is 6.08 Å². The third-order valence-electron chi connectivity index (χ3n) is 4.03. The number of amidine groups is 1. The zero-order chi connectivity index (χ0) is 18.1. The maximum absolute atomic E-state index is 13.3. The lowest BCUT2D eigenvalue weighted by molar-refractivity contribution is -0.113. The fraction of sp³-hybridized carbons (Fsp3) is 0.312. The van der Waals surface area contributed by atoms with E-state index in [0.29, 0.717) is 24.8 Å². The van der Waals surface area contributed by atoms with E-state index in [1.165, 1.54) is 17.0 Å². The highest BCUT2D eigenvalue weighted by Gasteiger charge is 2.33. The molecular weight excluding hydrogens is 349 g/mol. The van der Waals surface area contributed by atoms with Gasteiger partial charge in [-0.15, -0.1) is 0 Å². The fourth-order valence-electron chi connectivity index (χ4n) is 2.72. The van der Waals surface area contributed by atoms with E-state index in [0.717, 1.165) is 23.9 Å². The molecule has 25 heavy (non-hydrogen) atoms. The molecule has 2 heterocycles. The average molecular weight is 365 g/mol. The molecular formula is C16H16FN3O4S. The Hall–Kier alpha value is -2.55. The van der Waals surface area contributed by atoms with Gasteiger partial charge in [0.1, 0.15) is 11.6 Å². The van der Waals surface area contributed by atoms with Gasteiger partial charge in [-0.3, -0.25) is 4.79 Å². The number of amides is 2. The number of carboxylic acid groups (broad SMARTS) is 1. The molecule has 0 saturated carbocycles. The van der Waals surface area contributed by atoms with Crippen molar-refractivity contribution in [1.82, 2.24) is 9.80 Å². The summed E-state index contributed by atoms with van der Waals surface area (Å²) in [5, 5.41) is 19.3. The van der Waals surface area contributed by atoms with E-state index in [-0.39, 0.29) is 22.3 Å². The van der Waals surface area contributed by atoms with Gasteiger partial charge in [0.15, 0.2) is 5.17 Å². The Bertz CT molecular complexity index is 796. The average Bonchev–Trinajstić information content (AvgIpc) is 2.91. The van der Waals surface area contributed by atoms with Crippen molar-refractivity contribution >= 4 is 35.0 Å². The van der Waals surface area contributed by atoms with Crippen LogP contribution in [-0.4, -0.2) is 62.9 Å². The number of phenols is 1. The second-order valence-corrected chi connectivity index (χ2v) is 6.79. The molecule has 3 rings (SSSR count). The molecule has 0 bridgehead atoms. The number of hydrogen-bond donors (Lipinski definition) is 2. The molecule has 2 N–H and O–H groups in total. The smallest absolute Gasteiger partial charge is 0.407 e. The SMILES string of the molecule is C[C@H]1CN(C(=O)O)CCN1C1=NC(=O)C(=Cc2cc(F)ccc2O)S1. The van der Waals surface area contributed by atoms with Crippen molar-refractivity contribution in [2.75, 3.05) is 19.6 Å². The van der Waals surface area contributed by atoms with Crippen LogP contribution in [0.1, 0.15) is 12.5 Å². The van der Waals surface area contributed by atoms with Crippen LogP contribution in [0.5, 0.6) is 5.75 Å². The number of piperazine rings is 1. The summed E-state index contributed by atoms with van der Waals surface area (Å²) < 4.78 is 13.3. The van der Waals surface area contributed by atoms with E-state index in [4.69, 9.17) is 5.11 Å². The Kier molecular flexibility index (Phi) is 4.67. The lowest BCUT2D eigenvalue weighted by Crippen LogP contribution is -2.54. The molecule has 9 heteroatoms. The van der Waals surface area contributed by atoms with Crippen molar-refractivity contribution in [3.05, 3.63) is 34.5 Å². The molecule has 7 nitrogen and oxygen atoms in total. The van der Waals surface area contributed by atoms with E-state index in [1.807, 2.05) is 11.8 Å². The summed E-state index contributed by atoms with van der Waals surface area (Å²) in [5.41, 5.74) is 0.205. The standard InChI is InChI=1S/C16H16FN3O4S/c1-9-8-19(16(23)24)4-5-20(9)15-18-14(22)13(25-15)7-10-6-11(17)2-3-12(10)21/h2-3,6-7,9,21H,4-5,8H2,1H3,(H,23,24)/t9-/m0/s1. The summed E-state index contributed by atoms with van der Waals surface area (Å²) in [4.78, 5) is 30.7. The number of hydrogen-bond acceptors (Lipinski definition) is 5.